The Balaban J connectivity index is 0.000000429. The van der Waals surface area contributed by atoms with E-state index < -0.39 is 22.0 Å². The third-order valence-electron chi connectivity index (χ3n) is 4.28. The number of nitrogens with one attached hydrogen (secondary N) is 1. The summed E-state index contributed by atoms with van der Waals surface area (Å²) in [5, 5.41) is 14.4. The summed E-state index contributed by atoms with van der Waals surface area (Å²) >= 11 is 0. The number of halogens is 3. The highest BCUT2D eigenvalue weighted by atomic mass is 32.2. The van der Waals surface area contributed by atoms with Crippen LogP contribution in [-0.4, -0.2) is 56.7 Å². The van der Waals surface area contributed by atoms with Crippen LogP contribution in [0.2, 0.25) is 0 Å². The highest BCUT2D eigenvalue weighted by molar-refractivity contribution is 7.90. The van der Waals surface area contributed by atoms with E-state index in [1.54, 1.807) is 47.5 Å². The van der Waals surface area contributed by atoms with Crippen molar-refractivity contribution in [1.29, 1.82) is 0 Å². The Bertz CT molecular complexity index is 1390. The van der Waals surface area contributed by atoms with E-state index in [9.17, 15) is 21.6 Å². The minimum Gasteiger partial charge on any atom is -0.475 e. The van der Waals surface area contributed by atoms with Crippen molar-refractivity contribution >= 4 is 27.4 Å². The van der Waals surface area contributed by atoms with Crippen LogP contribution in [0.3, 0.4) is 0 Å². The molecule has 0 fully saturated rings. The molecule has 182 valence electrons. The second-order valence-corrected chi connectivity index (χ2v) is 8.89. The molecular weight excluding hydrogens is 489 g/mol. The molecular formula is C21H17F3N6O4S. The van der Waals surface area contributed by atoms with Crippen molar-refractivity contribution in [3.8, 4) is 16.9 Å². The lowest BCUT2D eigenvalue weighted by atomic mass is 10.1. The molecule has 0 aliphatic rings. The Kier molecular flexibility index (Phi) is 7.44. The molecule has 10 nitrogen and oxygen atoms in total. The first-order valence-corrected chi connectivity index (χ1v) is 11.5. The monoisotopic (exact) mass is 506 g/mol. The summed E-state index contributed by atoms with van der Waals surface area (Å²) in [5.74, 6) is -2.31. The summed E-state index contributed by atoms with van der Waals surface area (Å²) in [6.07, 6.45) is 0.861. The van der Waals surface area contributed by atoms with Crippen molar-refractivity contribution in [1.82, 2.24) is 24.7 Å². The molecule has 35 heavy (non-hydrogen) atoms. The van der Waals surface area contributed by atoms with Gasteiger partial charge in [-0.1, -0.05) is 12.1 Å². The second-order valence-electron chi connectivity index (χ2n) is 6.88. The first-order valence-electron chi connectivity index (χ1n) is 9.59. The summed E-state index contributed by atoms with van der Waals surface area (Å²) < 4.78 is 56.6. The number of aliphatic carboxylic acids is 1. The molecule has 0 unspecified atom stereocenters. The molecule has 0 saturated heterocycles. The number of benzene rings is 2. The van der Waals surface area contributed by atoms with Crippen molar-refractivity contribution in [2.45, 2.75) is 11.1 Å². The van der Waals surface area contributed by atoms with Gasteiger partial charge < -0.3 is 10.4 Å². The molecule has 0 atom stereocenters. The van der Waals surface area contributed by atoms with E-state index in [1.165, 1.54) is 12.6 Å². The zero-order valence-electron chi connectivity index (χ0n) is 17.9. The van der Waals surface area contributed by atoms with Crippen molar-refractivity contribution in [3.05, 3.63) is 73.4 Å². The molecule has 0 radical (unpaired) electrons. The van der Waals surface area contributed by atoms with Crippen LogP contribution < -0.4 is 5.32 Å². The third kappa shape index (κ3) is 7.07. The molecule has 2 aromatic heterocycles. The molecule has 0 spiro atoms. The van der Waals surface area contributed by atoms with Gasteiger partial charge in [0.2, 0.25) is 5.95 Å². The minimum atomic E-state index is -5.08. The number of alkyl halides is 3. The molecule has 2 aromatic carbocycles. The molecule has 0 amide bonds. The Hall–Kier alpha value is -4.33. The highest BCUT2D eigenvalue weighted by Crippen LogP contribution is 2.22. The maximum Gasteiger partial charge on any atom is 0.490 e. The van der Waals surface area contributed by atoms with E-state index >= 15 is 0 Å². The molecule has 0 aliphatic heterocycles. The van der Waals surface area contributed by atoms with Crippen LogP contribution in [0.25, 0.3) is 16.9 Å². The molecule has 14 heteroatoms. The van der Waals surface area contributed by atoms with Crippen molar-refractivity contribution in [2.75, 3.05) is 11.6 Å². The number of anilines is 2. The molecule has 2 N–H and O–H groups in total. The van der Waals surface area contributed by atoms with E-state index in [4.69, 9.17) is 9.90 Å². The van der Waals surface area contributed by atoms with Crippen molar-refractivity contribution in [3.63, 3.8) is 0 Å². The Morgan fingerprint density at radius 1 is 1.03 bits per heavy atom. The molecule has 4 rings (SSSR count). The van der Waals surface area contributed by atoms with Gasteiger partial charge in [0, 0.05) is 23.7 Å². The number of carboxylic acid groups (broad SMARTS) is 1. The summed E-state index contributed by atoms with van der Waals surface area (Å²) in [6, 6.07) is 16.0. The van der Waals surface area contributed by atoms with Crippen LogP contribution in [0.4, 0.5) is 24.8 Å². The molecule has 4 aromatic rings. The number of hydrogen-bond acceptors (Lipinski definition) is 8. The zero-order valence-corrected chi connectivity index (χ0v) is 18.7. The van der Waals surface area contributed by atoms with E-state index in [-0.39, 0.29) is 4.90 Å². The molecule has 0 saturated carbocycles. The lowest BCUT2D eigenvalue weighted by Gasteiger charge is -2.08. The van der Waals surface area contributed by atoms with Crippen LogP contribution in [0.15, 0.2) is 78.3 Å². The quantitative estimate of drug-likeness (QED) is 0.416. The van der Waals surface area contributed by atoms with Gasteiger partial charge in [-0.3, -0.25) is 0 Å². The summed E-state index contributed by atoms with van der Waals surface area (Å²) in [4.78, 5) is 21.8. The maximum atomic E-state index is 11.6. The third-order valence-corrected chi connectivity index (χ3v) is 5.41. The number of hydrogen-bond donors (Lipinski definition) is 2. The SMILES string of the molecule is CS(=O)(=O)c1ccc(-c2ccnc(Nc3ccc(-n4cncn4)cc3)n2)cc1.O=C(O)C(F)(F)F. The fraction of sp³-hybridized carbons (Fsp3) is 0.0952. The van der Waals surface area contributed by atoms with Gasteiger partial charge in [-0.2, -0.15) is 18.3 Å². The largest absolute Gasteiger partial charge is 0.490 e. The summed E-state index contributed by atoms with van der Waals surface area (Å²) in [6.45, 7) is 0. The Labute approximate surface area is 197 Å². The van der Waals surface area contributed by atoms with Gasteiger partial charge in [0.25, 0.3) is 0 Å². The van der Waals surface area contributed by atoms with E-state index in [2.05, 4.69) is 25.4 Å². The lowest BCUT2D eigenvalue weighted by molar-refractivity contribution is -0.192. The predicted molar refractivity (Wildman–Crippen MR) is 119 cm³/mol. The van der Waals surface area contributed by atoms with Gasteiger partial charge in [-0.05, 0) is 42.5 Å². The standard InChI is InChI=1S/C19H16N6O2S.C2HF3O2/c1-28(26,27)17-8-2-14(3-9-17)18-10-11-21-19(24-18)23-15-4-6-16(7-5-15)25-13-20-12-22-25;3-2(4,5)1(6)7/h2-13H,1H3,(H,21,23,24);(H,6,7). The number of nitrogens with zero attached hydrogens (tertiary/aromatic N) is 5. The van der Waals surface area contributed by atoms with Crippen LogP contribution >= 0.6 is 0 Å². The zero-order chi connectivity index (χ0) is 25.6. The topological polar surface area (TPSA) is 140 Å². The number of sulfone groups is 1. The maximum absolute atomic E-state index is 11.6. The van der Waals surface area contributed by atoms with Gasteiger partial charge in [0.05, 0.1) is 16.3 Å². The van der Waals surface area contributed by atoms with E-state index in [0.29, 0.717) is 11.6 Å². The van der Waals surface area contributed by atoms with Crippen LogP contribution in [0.1, 0.15) is 0 Å². The van der Waals surface area contributed by atoms with Gasteiger partial charge in [-0.25, -0.2) is 32.8 Å². The first-order chi connectivity index (χ1) is 16.4. The lowest BCUT2D eigenvalue weighted by Crippen LogP contribution is -2.21. The fourth-order valence-electron chi connectivity index (χ4n) is 2.62. The van der Waals surface area contributed by atoms with E-state index in [1.807, 2.05) is 24.3 Å². The summed E-state index contributed by atoms with van der Waals surface area (Å²) in [7, 11) is -3.23. The van der Waals surface area contributed by atoms with Gasteiger partial charge in [0.1, 0.15) is 12.7 Å². The first kappa shape index (κ1) is 25.3. The summed E-state index contributed by atoms with van der Waals surface area (Å²) in [5.41, 5.74) is 3.22. The molecule has 0 aliphatic carbocycles. The highest BCUT2D eigenvalue weighted by Gasteiger charge is 2.38. The van der Waals surface area contributed by atoms with Gasteiger partial charge >= 0.3 is 12.1 Å². The van der Waals surface area contributed by atoms with Crippen LogP contribution in [0, 0.1) is 0 Å². The van der Waals surface area contributed by atoms with Crippen molar-refractivity contribution < 1.29 is 31.5 Å². The van der Waals surface area contributed by atoms with Gasteiger partial charge in [-0.15, -0.1) is 0 Å². The average Bonchev–Trinajstić information content (AvgIpc) is 3.34. The normalized spacial score (nSPS) is 11.3. The fourth-order valence-corrected chi connectivity index (χ4v) is 3.25. The second kappa shape index (κ2) is 10.3. The Morgan fingerprint density at radius 3 is 2.17 bits per heavy atom. The van der Waals surface area contributed by atoms with Gasteiger partial charge in [0.15, 0.2) is 9.84 Å². The molecule has 0 bridgehead atoms. The number of aromatic nitrogens is 5. The number of rotatable bonds is 5. The van der Waals surface area contributed by atoms with Crippen LogP contribution in [-0.2, 0) is 14.6 Å². The minimum absolute atomic E-state index is 0.274. The van der Waals surface area contributed by atoms with Crippen LogP contribution in [0.5, 0.6) is 0 Å². The van der Waals surface area contributed by atoms with E-state index in [0.717, 1.165) is 16.9 Å². The number of carbonyl (C=O) groups is 1. The average molecular weight is 506 g/mol. The molecule has 2 heterocycles. The Morgan fingerprint density at radius 2 is 1.66 bits per heavy atom. The predicted octanol–water partition coefficient (Wildman–Crippen LogP) is 3.50. The number of carboxylic acids is 1. The smallest absolute Gasteiger partial charge is 0.475 e. The van der Waals surface area contributed by atoms with Crippen molar-refractivity contribution in [2.24, 2.45) is 0 Å².